The van der Waals surface area contributed by atoms with Gasteiger partial charge in [0.15, 0.2) is 0 Å². The van der Waals surface area contributed by atoms with Crippen molar-refractivity contribution in [3.05, 3.63) is 28.8 Å². The van der Waals surface area contributed by atoms with Crippen molar-refractivity contribution in [2.45, 2.75) is 19.4 Å². The Labute approximate surface area is 111 Å². The Kier molecular flexibility index (Phi) is 3.78. The fourth-order valence-electron chi connectivity index (χ4n) is 2.44. The number of likely N-dealkylation sites (tertiary alicyclic amines) is 1. The van der Waals surface area contributed by atoms with Gasteiger partial charge in [-0.05, 0) is 30.5 Å². The molecule has 1 saturated heterocycles. The fraction of sp³-hybridized carbons (Fsp3) is 0.462. The van der Waals surface area contributed by atoms with E-state index >= 15 is 0 Å². The molecule has 98 valence electrons. The molecule has 1 heterocycles. The zero-order valence-corrected chi connectivity index (χ0v) is 11.0. The van der Waals surface area contributed by atoms with Gasteiger partial charge in [-0.1, -0.05) is 18.5 Å². The van der Waals surface area contributed by atoms with Crippen molar-refractivity contribution in [3.63, 3.8) is 0 Å². The second-order valence-electron chi connectivity index (χ2n) is 4.79. The first-order chi connectivity index (χ1) is 8.52. The molecular formula is C13H17ClN2O2. The van der Waals surface area contributed by atoms with Crippen LogP contribution < -0.4 is 5.73 Å². The largest absolute Gasteiger partial charge is 0.399 e. The lowest BCUT2D eigenvalue weighted by molar-refractivity contribution is 0.0648. The van der Waals surface area contributed by atoms with E-state index in [-0.39, 0.29) is 18.6 Å². The van der Waals surface area contributed by atoms with E-state index in [1.807, 2.05) is 6.92 Å². The average molecular weight is 269 g/mol. The van der Waals surface area contributed by atoms with Crippen molar-refractivity contribution in [1.29, 1.82) is 0 Å². The van der Waals surface area contributed by atoms with Gasteiger partial charge in [0, 0.05) is 22.8 Å². The normalized spacial score (nSPS) is 23.4. The molecule has 3 N–H and O–H groups in total. The van der Waals surface area contributed by atoms with Crippen LogP contribution in [0.1, 0.15) is 23.7 Å². The molecule has 0 bridgehead atoms. The molecule has 0 aliphatic carbocycles. The minimum atomic E-state index is -0.118. The van der Waals surface area contributed by atoms with Gasteiger partial charge in [-0.25, -0.2) is 0 Å². The number of hydrogen-bond donors (Lipinski definition) is 2. The van der Waals surface area contributed by atoms with E-state index in [0.29, 0.717) is 28.7 Å². The van der Waals surface area contributed by atoms with E-state index in [0.717, 1.165) is 6.42 Å². The van der Waals surface area contributed by atoms with E-state index in [1.54, 1.807) is 23.1 Å². The topological polar surface area (TPSA) is 66.6 Å². The Hall–Kier alpha value is -1.26. The number of nitrogens with zero attached hydrogens (tertiary/aromatic N) is 1. The van der Waals surface area contributed by atoms with Crippen molar-refractivity contribution in [3.8, 4) is 0 Å². The standard InChI is InChI=1S/C13H17ClN2O2/c1-8-2-3-16(12(8)7-17)13(18)9-4-10(14)6-11(15)5-9/h4-6,8,12,17H,2-3,7,15H2,1H3. The highest BCUT2D eigenvalue weighted by Gasteiger charge is 2.34. The van der Waals surface area contributed by atoms with Crippen molar-refractivity contribution >= 4 is 23.2 Å². The first-order valence-corrected chi connectivity index (χ1v) is 6.38. The van der Waals surface area contributed by atoms with Crippen molar-refractivity contribution in [2.24, 2.45) is 5.92 Å². The summed E-state index contributed by atoms with van der Waals surface area (Å²) in [6, 6.07) is 4.72. The van der Waals surface area contributed by atoms with Crippen molar-refractivity contribution in [2.75, 3.05) is 18.9 Å². The van der Waals surface area contributed by atoms with Crippen LogP contribution in [0.25, 0.3) is 0 Å². The number of benzene rings is 1. The summed E-state index contributed by atoms with van der Waals surface area (Å²) < 4.78 is 0. The van der Waals surface area contributed by atoms with Crippen LogP contribution in [0.4, 0.5) is 5.69 Å². The summed E-state index contributed by atoms with van der Waals surface area (Å²) in [5, 5.41) is 9.82. The molecule has 4 nitrogen and oxygen atoms in total. The van der Waals surface area contributed by atoms with E-state index in [4.69, 9.17) is 17.3 Å². The highest BCUT2D eigenvalue weighted by atomic mass is 35.5. The van der Waals surface area contributed by atoms with Crippen molar-refractivity contribution in [1.82, 2.24) is 4.90 Å². The Morgan fingerprint density at radius 1 is 1.56 bits per heavy atom. The molecule has 1 aliphatic rings. The van der Waals surface area contributed by atoms with Crippen LogP contribution in [0.5, 0.6) is 0 Å². The summed E-state index contributed by atoms with van der Waals surface area (Å²) in [6.45, 7) is 2.70. The molecule has 1 amide bonds. The number of hydrogen-bond acceptors (Lipinski definition) is 3. The maximum atomic E-state index is 12.4. The molecule has 0 radical (unpaired) electrons. The summed E-state index contributed by atoms with van der Waals surface area (Å²) in [5.74, 6) is 0.197. The Bertz CT molecular complexity index is 444. The van der Waals surface area contributed by atoms with Crippen LogP contribution in [0.2, 0.25) is 5.02 Å². The van der Waals surface area contributed by atoms with Gasteiger partial charge in [-0.15, -0.1) is 0 Å². The molecule has 0 saturated carbocycles. The summed E-state index contributed by atoms with van der Waals surface area (Å²) in [4.78, 5) is 14.1. The van der Waals surface area contributed by atoms with Crippen LogP contribution >= 0.6 is 11.6 Å². The number of halogens is 1. The number of nitrogen functional groups attached to an aromatic ring is 1. The lowest BCUT2D eigenvalue weighted by atomic mass is 10.0. The first-order valence-electron chi connectivity index (χ1n) is 6.01. The smallest absolute Gasteiger partial charge is 0.254 e. The fourth-order valence-corrected chi connectivity index (χ4v) is 2.68. The first kappa shape index (κ1) is 13.2. The zero-order valence-electron chi connectivity index (χ0n) is 10.3. The molecular weight excluding hydrogens is 252 g/mol. The van der Waals surface area contributed by atoms with Gasteiger partial charge in [0.1, 0.15) is 0 Å². The second kappa shape index (κ2) is 5.16. The lowest BCUT2D eigenvalue weighted by Crippen LogP contribution is -2.39. The zero-order chi connectivity index (χ0) is 13.3. The van der Waals surface area contributed by atoms with Crippen LogP contribution in [0, 0.1) is 5.92 Å². The van der Waals surface area contributed by atoms with Crippen LogP contribution in [-0.4, -0.2) is 35.1 Å². The number of carbonyl (C=O) groups is 1. The number of aliphatic hydroxyl groups excluding tert-OH is 1. The third-order valence-electron chi connectivity index (χ3n) is 3.50. The third kappa shape index (κ3) is 2.44. The predicted molar refractivity (Wildman–Crippen MR) is 71.6 cm³/mol. The minimum Gasteiger partial charge on any atom is -0.399 e. The van der Waals surface area contributed by atoms with Gasteiger partial charge in [-0.3, -0.25) is 4.79 Å². The molecule has 1 aliphatic heterocycles. The van der Waals surface area contributed by atoms with E-state index in [1.165, 1.54) is 0 Å². The van der Waals surface area contributed by atoms with Gasteiger partial charge in [0.2, 0.25) is 0 Å². The molecule has 1 aromatic rings. The van der Waals surface area contributed by atoms with Crippen molar-refractivity contribution < 1.29 is 9.90 Å². The molecule has 1 fully saturated rings. The van der Waals surface area contributed by atoms with Crippen LogP contribution in [-0.2, 0) is 0 Å². The Morgan fingerprint density at radius 3 is 2.89 bits per heavy atom. The third-order valence-corrected chi connectivity index (χ3v) is 3.72. The molecule has 1 aromatic carbocycles. The summed E-state index contributed by atoms with van der Waals surface area (Å²) in [5.41, 5.74) is 6.64. The molecule has 2 rings (SSSR count). The number of nitrogens with two attached hydrogens (primary N) is 1. The highest BCUT2D eigenvalue weighted by Crippen LogP contribution is 2.26. The molecule has 0 aromatic heterocycles. The molecule has 2 atom stereocenters. The molecule has 0 spiro atoms. The lowest BCUT2D eigenvalue weighted by Gasteiger charge is -2.25. The van der Waals surface area contributed by atoms with E-state index in [2.05, 4.69) is 0 Å². The van der Waals surface area contributed by atoms with E-state index in [9.17, 15) is 9.90 Å². The quantitative estimate of drug-likeness (QED) is 0.804. The van der Waals surface area contributed by atoms with Crippen LogP contribution in [0.15, 0.2) is 18.2 Å². The predicted octanol–water partition coefficient (Wildman–Crippen LogP) is 1.77. The van der Waals surface area contributed by atoms with Gasteiger partial charge in [-0.2, -0.15) is 0 Å². The van der Waals surface area contributed by atoms with Crippen LogP contribution in [0.3, 0.4) is 0 Å². The summed E-state index contributed by atoms with van der Waals surface area (Å²) in [6.07, 6.45) is 0.910. The molecule has 18 heavy (non-hydrogen) atoms. The minimum absolute atomic E-state index is 0.0110. The van der Waals surface area contributed by atoms with Gasteiger partial charge in [0.05, 0.1) is 12.6 Å². The summed E-state index contributed by atoms with van der Waals surface area (Å²) >= 11 is 5.90. The number of anilines is 1. The summed E-state index contributed by atoms with van der Waals surface area (Å²) in [7, 11) is 0. The number of amides is 1. The highest BCUT2D eigenvalue weighted by molar-refractivity contribution is 6.31. The monoisotopic (exact) mass is 268 g/mol. The molecule has 2 unspecified atom stereocenters. The molecule has 5 heteroatoms. The number of carbonyl (C=O) groups excluding carboxylic acids is 1. The van der Waals surface area contributed by atoms with Gasteiger partial charge >= 0.3 is 0 Å². The number of aliphatic hydroxyl groups is 1. The maximum absolute atomic E-state index is 12.4. The average Bonchev–Trinajstić information content (AvgIpc) is 2.68. The number of rotatable bonds is 2. The maximum Gasteiger partial charge on any atom is 0.254 e. The Balaban J connectivity index is 2.25. The SMILES string of the molecule is CC1CCN(C(=O)c2cc(N)cc(Cl)c2)C1CO. The van der Waals surface area contributed by atoms with Gasteiger partial charge in [0.25, 0.3) is 5.91 Å². The Morgan fingerprint density at radius 2 is 2.28 bits per heavy atom. The van der Waals surface area contributed by atoms with E-state index < -0.39 is 0 Å². The van der Waals surface area contributed by atoms with Gasteiger partial charge < -0.3 is 15.7 Å². The second-order valence-corrected chi connectivity index (χ2v) is 5.22.